The normalized spacial score (nSPS) is 17.6. The number of aromatic amines is 1. The molecular weight excluding hydrogens is 192 g/mol. The Morgan fingerprint density at radius 1 is 1.40 bits per heavy atom. The van der Waals surface area contributed by atoms with Crippen LogP contribution >= 0.6 is 0 Å². The summed E-state index contributed by atoms with van der Waals surface area (Å²) in [5, 5.41) is 4.86. The smallest absolute Gasteiger partial charge is 0.261 e. The maximum atomic E-state index is 11.5. The van der Waals surface area contributed by atoms with Gasteiger partial charge in [-0.25, -0.2) is 9.67 Å². The van der Waals surface area contributed by atoms with Crippen LogP contribution < -0.4 is 5.56 Å². The fourth-order valence-corrected chi connectivity index (χ4v) is 2.29. The zero-order valence-electron chi connectivity index (χ0n) is 8.31. The highest BCUT2D eigenvalue weighted by Crippen LogP contribution is 2.30. The van der Waals surface area contributed by atoms with Gasteiger partial charge in [0.05, 0.1) is 18.6 Å². The molecule has 0 aliphatic heterocycles. The maximum absolute atomic E-state index is 11.5. The Morgan fingerprint density at radius 2 is 2.20 bits per heavy atom. The van der Waals surface area contributed by atoms with E-state index in [0.29, 0.717) is 17.1 Å². The molecule has 0 spiro atoms. The van der Waals surface area contributed by atoms with Crippen LogP contribution in [-0.2, 0) is 0 Å². The van der Waals surface area contributed by atoms with E-state index in [0.717, 1.165) is 12.8 Å². The van der Waals surface area contributed by atoms with Crippen LogP contribution in [0.4, 0.5) is 0 Å². The number of nitrogens with zero attached hydrogens (tertiary/aromatic N) is 3. The molecule has 1 fully saturated rings. The minimum atomic E-state index is -0.107. The minimum Gasteiger partial charge on any atom is -0.312 e. The minimum absolute atomic E-state index is 0.107. The number of fused-ring (bicyclic) bond motifs is 1. The van der Waals surface area contributed by atoms with Crippen molar-refractivity contribution >= 4 is 11.0 Å². The molecule has 78 valence electrons. The molecule has 5 nitrogen and oxygen atoms in total. The van der Waals surface area contributed by atoms with Crippen LogP contribution in [0.2, 0.25) is 0 Å². The Hall–Kier alpha value is -1.65. The largest absolute Gasteiger partial charge is 0.312 e. The van der Waals surface area contributed by atoms with E-state index in [1.54, 1.807) is 6.20 Å². The Kier molecular flexibility index (Phi) is 1.83. The monoisotopic (exact) mass is 204 g/mol. The molecule has 2 aromatic heterocycles. The molecule has 5 heteroatoms. The summed E-state index contributed by atoms with van der Waals surface area (Å²) in [5.41, 5.74) is 0.606. The second-order valence-electron chi connectivity index (χ2n) is 4.00. The molecule has 0 bridgehead atoms. The summed E-state index contributed by atoms with van der Waals surface area (Å²) in [6, 6.07) is 0.428. The Labute approximate surface area is 86.1 Å². The number of hydrogen-bond donors (Lipinski definition) is 1. The highest BCUT2D eigenvalue weighted by atomic mass is 16.1. The molecule has 0 amide bonds. The molecule has 2 heterocycles. The second kappa shape index (κ2) is 3.18. The molecular formula is C10H12N4O. The van der Waals surface area contributed by atoms with Gasteiger partial charge >= 0.3 is 0 Å². The molecule has 2 aromatic rings. The summed E-state index contributed by atoms with van der Waals surface area (Å²) in [5.74, 6) is 0. The lowest BCUT2D eigenvalue weighted by molar-refractivity contribution is 0.478. The highest BCUT2D eigenvalue weighted by molar-refractivity contribution is 5.72. The highest BCUT2D eigenvalue weighted by Gasteiger charge is 2.20. The summed E-state index contributed by atoms with van der Waals surface area (Å²) < 4.78 is 1.90. The molecule has 1 saturated carbocycles. The predicted molar refractivity (Wildman–Crippen MR) is 55.7 cm³/mol. The van der Waals surface area contributed by atoms with E-state index in [1.165, 1.54) is 19.2 Å². The first kappa shape index (κ1) is 8.64. The topological polar surface area (TPSA) is 63.6 Å². The molecule has 15 heavy (non-hydrogen) atoms. The third kappa shape index (κ3) is 1.26. The van der Waals surface area contributed by atoms with Gasteiger partial charge in [-0.05, 0) is 12.8 Å². The first-order chi connectivity index (χ1) is 7.36. The van der Waals surface area contributed by atoms with Crippen molar-refractivity contribution in [3.63, 3.8) is 0 Å². The maximum Gasteiger partial charge on any atom is 0.261 e. The Bertz CT molecular complexity index is 536. The molecule has 0 radical (unpaired) electrons. The van der Waals surface area contributed by atoms with Crippen molar-refractivity contribution in [2.45, 2.75) is 31.7 Å². The van der Waals surface area contributed by atoms with Crippen LogP contribution in [0.3, 0.4) is 0 Å². The van der Waals surface area contributed by atoms with Crippen molar-refractivity contribution in [2.75, 3.05) is 0 Å². The van der Waals surface area contributed by atoms with Crippen LogP contribution in [0.1, 0.15) is 31.7 Å². The lowest BCUT2D eigenvalue weighted by atomic mass is 10.2. The van der Waals surface area contributed by atoms with Crippen LogP contribution in [0.5, 0.6) is 0 Å². The van der Waals surface area contributed by atoms with Crippen molar-refractivity contribution in [2.24, 2.45) is 0 Å². The molecule has 1 aliphatic carbocycles. The SMILES string of the molecule is O=c1[nH]cnc2c1cnn2C1CCCC1. The number of rotatable bonds is 1. The quantitative estimate of drug-likeness (QED) is 0.760. The summed E-state index contributed by atoms with van der Waals surface area (Å²) in [6.07, 6.45) is 7.83. The molecule has 0 unspecified atom stereocenters. The Morgan fingerprint density at radius 3 is 3.00 bits per heavy atom. The first-order valence-electron chi connectivity index (χ1n) is 5.27. The molecule has 1 N–H and O–H groups in total. The lowest BCUT2D eigenvalue weighted by Crippen LogP contribution is -2.10. The average molecular weight is 204 g/mol. The molecule has 1 aliphatic rings. The average Bonchev–Trinajstić information content (AvgIpc) is 2.85. The van der Waals surface area contributed by atoms with Crippen LogP contribution in [0.25, 0.3) is 11.0 Å². The summed E-state index contributed by atoms with van der Waals surface area (Å²) >= 11 is 0. The lowest BCUT2D eigenvalue weighted by Gasteiger charge is -2.09. The number of nitrogens with one attached hydrogen (secondary N) is 1. The van der Waals surface area contributed by atoms with Gasteiger partial charge in [0.1, 0.15) is 5.39 Å². The summed E-state index contributed by atoms with van der Waals surface area (Å²) in [4.78, 5) is 18.2. The van der Waals surface area contributed by atoms with E-state index in [-0.39, 0.29) is 5.56 Å². The van der Waals surface area contributed by atoms with E-state index in [2.05, 4.69) is 15.1 Å². The predicted octanol–water partition coefficient (Wildman–Crippen LogP) is 1.23. The van der Waals surface area contributed by atoms with Gasteiger partial charge in [0.25, 0.3) is 5.56 Å². The van der Waals surface area contributed by atoms with Crippen molar-refractivity contribution in [3.8, 4) is 0 Å². The Balaban J connectivity index is 2.19. The van der Waals surface area contributed by atoms with E-state index in [1.807, 2.05) is 4.68 Å². The molecule has 0 atom stereocenters. The van der Waals surface area contributed by atoms with Gasteiger partial charge in [-0.2, -0.15) is 5.10 Å². The summed E-state index contributed by atoms with van der Waals surface area (Å²) in [7, 11) is 0. The van der Waals surface area contributed by atoms with Crippen LogP contribution in [0, 0.1) is 0 Å². The number of aromatic nitrogens is 4. The van der Waals surface area contributed by atoms with Gasteiger partial charge in [-0.15, -0.1) is 0 Å². The fraction of sp³-hybridized carbons (Fsp3) is 0.500. The molecule has 0 saturated heterocycles. The van der Waals surface area contributed by atoms with E-state index < -0.39 is 0 Å². The van der Waals surface area contributed by atoms with Crippen LogP contribution in [0.15, 0.2) is 17.3 Å². The van der Waals surface area contributed by atoms with E-state index >= 15 is 0 Å². The van der Waals surface area contributed by atoms with Crippen molar-refractivity contribution in [3.05, 3.63) is 22.9 Å². The van der Waals surface area contributed by atoms with Gasteiger partial charge in [0, 0.05) is 0 Å². The molecule has 0 aromatic carbocycles. The van der Waals surface area contributed by atoms with Crippen LogP contribution in [-0.4, -0.2) is 19.7 Å². The number of hydrogen-bond acceptors (Lipinski definition) is 3. The third-order valence-corrected chi connectivity index (χ3v) is 3.07. The fourth-order valence-electron chi connectivity index (χ4n) is 2.29. The van der Waals surface area contributed by atoms with Crippen molar-refractivity contribution in [1.82, 2.24) is 19.7 Å². The van der Waals surface area contributed by atoms with E-state index in [9.17, 15) is 4.79 Å². The molecule has 3 rings (SSSR count). The second-order valence-corrected chi connectivity index (χ2v) is 4.00. The van der Waals surface area contributed by atoms with Gasteiger partial charge in [-0.1, -0.05) is 12.8 Å². The van der Waals surface area contributed by atoms with Gasteiger partial charge < -0.3 is 4.98 Å². The van der Waals surface area contributed by atoms with Gasteiger partial charge in [-0.3, -0.25) is 4.79 Å². The third-order valence-electron chi connectivity index (χ3n) is 3.07. The van der Waals surface area contributed by atoms with Crippen molar-refractivity contribution in [1.29, 1.82) is 0 Å². The zero-order chi connectivity index (χ0) is 10.3. The zero-order valence-corrected chi connectivity index (χ0v) is 8.31. The van der Waals surface area contributed by atoms with Gasteiger partial charge in [0.15, 0.2) is 5.65 Å². The van der Waals surface area contributed by atoms with Gasteiger partial charge in [0.2, 0.25) is 0 Å². The van der Waals surface area contributed by atoms with Crippen molar-refractivity contribution < 1.29 is 0 Å². The van der Waals surface area contributed by atoms with E-state index in [4.69, 9.17) is 0 Å². The first-order valence-corrected chi connectivity index (χ1v) is 5.27. The number of H-pyrrole nitrogens is 1. The standard InChI is InChI=1S/C10H12N4O/c15-10-8-5-13-14(7-3-1-2-4-7)9(8)11-6-12-10/h5-7H,1-4H2,(H,11,12,15). The summed E-state index contributed by atoms with van der Waals surface area (Å²) in [6.45, 7) is 0.